The van der Waals surface area contributed by atoms with E-state index in [-0.39, 0.29) is 5.91 Å². The highest BCUT2D eigenvalue weighted by molar-refractivity contribution is 9.10. The Morgan fingerprint density at radius 2 is 2.24 bits per heavy atom. The van der Waals surface area contributed by atoms with Crippen LogP contribution in [0.2, 0.25) is 0 Å². The van der Waals surface area contributed by atoms with Crippen LogP contribution >= 0.6 is 15.9 Å². The van der Waals surface area contributed by atoms with Gasteiger partial charge in [-0.3, -0.25) is 4.79 Å². The molecule has 5 nitrogen and oxygen atoms in total. The second kappa shape index (κ2) is 6.87. The molecular weight excluding hydrogens is 334 g/mol. The summed E-state index contributed by atoms with van der Waals surface area (Å²) in [6, 6.07) is 9.57. The number of rotatable bonds is 5. The Bertz CT molecular complexity index is 636. The third kappa shape index (κ3) is 3.71. The molecule has 21 heavy (non-hydrogen) atoms. The number of ether oxygens (including phenoxy) is 1. The first-order valence-electron chi connectivity index (χ1n) is 6.71. The summed E-state index contributed by atoms with van der Waals surface area (Å²) < 4.78 is 7.82. The molecule has 1 aromatic carbocycles. The summed E-state index contributed by atoms with van der Waals surface area (Å²) in [5.41, 5.74) is 1.70. The van der Waals surface area contributed by atoms with E-state index >= 15 is 0 Å². The molecule has 0 spiro atoms. The smallest absolute Gasteiger partial charge is 0.254 e. The van der Waals surface area contributed by atoms with Crippen LogP contribution in [0.5, 0.6) is 0 Å². The van der Waals surface area contributed by atoms with Crippen LogP contribution in [0.1, 0.15) is 19.0 Å². The molecule has 1 amide bonds. The first-order chi connectivity index (χ1) is 10.0. The van der Waals surface area contributed by atoms with Gasteiger partial charge in [0, 0.05) is 17.6 Å². The topological polar surface area (TPSA) is 56.1 Å². The number of aryl methyl sites for hydroxylation is 1. The van der Waals surface area contributed by atoms with Crippen LogP contribution in [0.4, 0.5) is 5.82 Å². The molecule has 0 aliphatic carbocycles. The highest BCUT2D eigenvalue weighted by Crippen LogP contribution is 2.20. The lowest BCUT2D eigenvalue weighted by atomic mass is 10.2. The zero-order valence-corrected chi connectivity index (χ0v) is 13.8. The van der Waals surface area contributed by atoms with Gasteiger partial charge in [0.25, 0.3) is 5.91 Å². The van der Waals surface area contributed by atoms with Crippen molar-refractivity contribution in [3.8, 4) is 5.69 Å². The number of carbonyl (C=O) groups excluding carboxylic acids is 1. The summed E-state index contributed by atoms with van der Waals surface area (Å²) in [4.78, 5) is 12.1. The number of hydrogen-bond acceptors (Lipinski definition) is 3. The van der Waals surface area contributed by atoms with E-state index in [1.165, 1.54) is 7.11 Å². The monoisotopic (exact) mass is 351 g/mol. The van der Waals surface area contributed by atoms with E-state index in [1.807, 2.05) is 44.2 Å². The van der Waals surface area contributed by atoms with Gasteiger partial charge in [0.2, 0.25) is 0 Å². The zero-order chi connectivity index (χ0) is 15.4. The molecule has 0 bridgehead atoms. The maximum absolute atomic E-state index is 12.1. The van der Waals surface area contributed by atoms with E-state index in [2.05, 4.69) is 26.3 Å². The molecule has 0 saturated carbocycles. The van der Waals surface area contributed by atoms with Gasteiger partial charge >= 0.3 is 0 Å². The number of amides is 1. The van der Waals surface area contributed by atoms with Crippen LogP contribution in [-0.4, -0.2) is 28.9 Å². The molecule has 1 N–H and O–H groups in total. The third-order valence-corrected chi connectivity index (χ3v) is 3.58. The van der Waals surface area contributed by atoms with Gasteiger partial charge in [0.05, 0.1) is 11.4 Å². The van der Waals surface area contributed by atoms with Gasteiger partial charge in [0.1, 0.15) is 11.9 Å². The van der Waals surface area contributed by atoms with Gasteiger partial charge in [-0.15, -0.1) is 0 Å². The summed E-state index contributed by atoms with van der Waals surface area (Å²) in [5, 5.41) is 7.30. The number of anilines is 1. The number of benzene rings is 1. The molecule has 0 aliphatic rings. The third-order valence-electron chi connectivity index (χ3n) is 3.08. The van der Waals surface area contributed by atoms with Crippen molar-refractivity contribution in [3.63, 3.8) is 0 Å². The van der Waals surface area contributed by atoms with Crippen molar-refractivity contribution >= 4 is 27.7 Å². The number of aromatic nitrogens is 2. The van der Waals surface area contributed by atoms with E-state index in [4.69, 9.17) is 4.74 Å². The van der Waals surface area contributed by atoms with Crippen molar-refractivity contribution in [3.05, 3.63) is 40.5 Å². The highest BCUT2D eigenvalue weighted by atomic mass is 79.9. The summed E-state index contributed by atoms with van der Waals surface area (Å²) >= 11 is 3.44. The van der Waals surface area contributed by atoms with Crippen LogP contribution in [-0.2, 0) is 9.53 Å². The predicted octanol–water partition coefficient (Wildman–Crippen LogP) is 3.31. The van der Waals surface area contributed by atoms with E-state index in [0.29, 0.717) is 12.2 Å². The number of nitrogens with one attached hydrogen (secondary N) is 1. The van der Waals surface area contributed by atoms with Gasteiger partial charge in [-0.25, -0.2) is 4.68 Å². The number of nitrogens with zero attached hydrogens (tertiary/aromatic N) is 2. The fourth-order valence-corrected chi connectivity index (χ4v) is 2.45. The normalized spacial score (nSPS) is 12.2. The van der Waals surface area contributed by atoms with Gasteiger partial charge in [-0.2, -0.15) is 5.10 Å². The van der Waals surface area contributed by atoms with Gasteiger partial charge in [-0.1, -0.05) is 28.9 Å². The Balaban J connectivity index is 2.31. The van der Waals surface area contributed by atoms with Crippen LogP contribution in [0.25, 0.3) is 5.69 Å². The van der Waals surface area contributed by atoms with E-state index < -0.39 is 6.10 Å². The zero-order valence-electron chi connectivity index (χ0n) is 12.3. The van der Waals surface area contributed by atoms with Gasteiger partial charge in [0.15, 0.2) is 0 Å². The second-order valence-electron chi connectivity index (χ2n) is 4.68. The Hall–Kier alpha value is -1.66. The average molecular weight is 352 g/mol. The molecular formula is C15H18BrN3O2. The van der Waals surface area contributed by atoms with E-state index in [9.17, 15) is 4.79 Å². The van der Waals surface area contributed by atoms with Crippen molar-refractivity contribution in [2.24, 2.45) is 0 Å². The second-order valence-corrected chi connectivity index (χ2v) is 5.60. The Morgan fingerprint density at radius 1 is 1.48 bits per heavy atom. The molecule has 0 fully saturated rings. The van der Waals surface area contributed by atoms with Gasteiger partial charge in [-0.05, 0) is 31.5 Å². The molecule has 2 aromatic rings. The molecule has 1 unspecified atom stereocenters. The van der Waals surface area contributed by atoms with Crippen molar-refractivity contribution in [1.29, 1.82) is 0 Å². The van der Waals surface area contributed by atoms with Crippen molar-refractivity contribution < 1.29 is 9.53 Å². The SMILES string of the molecule is CCC(OC)C(=O)Nc1cc(C)nn1-c1cccc(Br)c1. The summed E-state index contributed by atoms with van der Waals surface area (Å²) in [6.07, 6.45) is 0.156. The lowest BCUT2D eigenvalue weighted by Gasteiger charge is -2.14. The molecule has 1 heterocycles. The van der Waals surface area contributed by atoms with Crippen LogP contribution in [0.15, 0.2) is 34.8 Å². The predicted molar refractivity (Wildman–Crippen MR) is 85.7 cm³/mol. The maximum atomic E-state index is 12.1. The van der Waals surface area contributed by atoms with E-state index in [0.717, 1.165) is 15.9 Å². The minimum absolute atomic E-state index is 0.170. The molecule has 112 valence electrons. The lowest BCUT2D eigenvalue weighted by molar-refractivity contribution is -0.125. The quantitative estimate of drug-likeness (QED) is 0.898. The molecule has 0 radical (unpaired) electrons. The molecule has 2 rings (SSSR count). The van der Waals surface area contributed by atoms with Crippen LogP contribution in [0, 0.1) is 6.92 Å². The summed E-state index contributed by atoms with van der Waals surface area (Å²) in [5.74, 6) is 0.460. The molecule has 1 aromatic heterocycles. The van der Waals surface area contributed by atoms with E-state index in [1.54, 1.807) is 4.68 Å². The lowest BCUT2D eigenvalue weighted by Crippen LogP contribution is -2.29. The Labute approximate surface area is 132 Å². The average Bonchev–Trinajstić information content (AvgIpc) is 2.81. The summed E-state index contributed by atoms with van der Waals surface area (Å²) in [7, 11) is 1.53. The number of halogens is 1. The number of methoxy groups -OCH3 is 1. The standard InChI is InChI=1S/C15H18BrN3O2/c1-4-13(21-3)15(20)17-14-8-10(2)18-19(14)12-7-5-6-11(16)9-12/h5-9,13H,4H2,1-3H3,(H,17,20). The van der Waals surface area contributed by atoms with Crippen molar-refractivity contribution in [2.45, 2.75) is 26.4 Å². The maximum Gasteiger partial charge on any atom is 0.254 e. The van der Waals surface area contributed by atoms with Crippen LogP contribution < -0.4 is 5.32 Å². The van der Waals surface area contributed by atoms with Gasteiger partial charge < -0.3 is 10.1 Å². The number of hydrogen-bond donors (Lipinski definition) is 1. The van der Waals surface area contributed by atoms with Crippen LogP contribution in [0.3, 0.4) is 0 Å². The minimum Gasteiger partial charge on any atom is -0.372 e. The molecule has 0 saturated heterocycles. The van der Waals surface area contributed by atoms with Crippen molar-refractivity contribution in [1.82, 2.24) is 9.78 Å². The first-order valence-corrected chi connectivity index (χ1v) is 7.50. The minimum atomic E-state index is -0.462. The Kier molecular flexibility index (Phi) is 5.14. The molecule has 1 atom stereocenters. The summed E-state index contributed by atoms with van der Waals surface area (Å²) in [6.45, 7) is 3.79. The largest absolute Gasteiger partial charge is 0.372 e. The Morgan fingerprint density at radius 3 is 2.86 bits per heavy atom. The van der Waals surface area contributed by atoms with Crippen molar-refractivity contribution in [2.75, 3.05) is 12.4 Å². The first kappa shape index (κ1) is 15.7. The highest BCUT2D eigenvalue weighted by Gasteiger charge is 2.18. The number of carbonyl (C=O) groups is 1. The molecule has 6 heteroatoms. The fraction of sp³-hybridized carbons (Fsp3) is 0.333. The molecule has 0 aliphatic heterocycles. The fourth-order valence-electron chi connectivity index (χ4n) is 2.06.